The van der Waals surface area contributed by atoms with Crippen LogP contribution in [0.2, 0.25) is 0 Å². The summed E-state index contributed by atoms with van der Waals surface area (Å²) in [7, 11) is 0. The molecule has 0 radical (unpaired) electrons. The molecule has 11 heavy (non-hydrogen) atoms. The molecule has 0 unspecified atom stereocenters. The summed E-state index contributed by atoms with van der Waals surface area (Å²) in [5.74, 6) is -0.673. The van der Waals surface area contributed by atoms with Crippen LogP contribution in [0.3, 0.4) is 0 Å². The van der Waals surface area contributed by atoms with Crippen molar-refractivity contribution in [2.45, 2.75) is 6.42 Å². The van der Waals surface area contributed by atoms with E-state index in [1.54, 1.807) is 0 Å². The van der Waals surface area contributed by atoms with E-state index in [9.17, 15) is 4.79 Å². The fraction of sp³-hybridized carbons (Fsp3) is 0.250. The number of hydrogen-bond donors (Lipinski definition) is 2. The van der Waals surface area contributed by atoms with Crippen molar-refractivity contribution in [1.82, 2.24) is 9.36 Å². The first-order chi connectivity index (χ1) is 4.68. The number of anilines is 1. The Morgan fingerprint density at radius 2 is 2.36 bits per heavy atom. The third kappa shape index (κ3) is 3.66. The number of carboxylic acids is 1. The molecule has 7 heteroatoms. The molecule has 1 aromatic rings. The van der Waals surface area contributed by atoms with Gasteiger partial charge >= 0.3 is 35.5 Å². The zero-order valence-electron chi connectivity index (χ0n) is 4.94. The monoisotopic (exact) mass is 183 g/mol. The Labute approximate surface area is 89.1 Å². The van der Waals surface area contributed by atoms with E-state index >= 15 is 0 Å². The van der Waals surface area contributed by atoms with Gasteiger partial charge in [0.2, 0.25) is 0 Å². The van der Waals surface area contributed by atoms with Gasteiger partial charge in [-0.15, -0.1) is 0 Å². The van der Waals surface area contributed by atoms with Crippen LogP contribution in [0.5, 0.6) is 0 Å². The van der Waals surface area contributed by atoms with Crippen LogP contribution < -0.4 is 5.73 Å². The van der Waals surface area contributed by atoms with Crippen LogP contribution in [0.15, 0.2) is 0 Å². The summed E-state index contributed by atoms with van der Waals surface area (Å²) in [5, 5.41) is 8.56. The normalized spacial score (nSPS) is 8.73. The average molecular weight is 183 g/mol. The number of rotatable bonds is 2. The van der Waals surface area contributed by atoms with E-state index in [1.165, 1.54) is 0 Å². The molecule has 0 saturated heterocycles. The molecule has 0 saturated carbocycles. The Morgan fingerprint density at radius 3 is 2.73 bits per heavy atom. The van der Waals surface area contributed by atoms with E-state index in [1.807, 2.05) is 0 Å². The van der Waals surface area contributed by atoms with Gasteiger partial charge in [0, 0.05) is 11.5 Å². The summed E-state index contributed by atoms with van der Waals surface area (Å²) >= 11 is 1.000. The van der Waals surface area contributed by atoms with Crippen molar-refractivity contribution >= 4 is 52.2 Å². The first kappa shape index (κ1) is 10.8. The van der Waals surface area contributed by atoms with Crippen molar-refractivity contribution in [2.75, 3.05) is 5.73 Å². The van der Waals surface area contributed by atoms with E-state index in [-0.39, 0.29) is 41.8 Å². The summed E-state index contributed by atoms with van der Waals surface area (Å²) in [4.78, 5) is 13.7. The van der Waals surface area contributed by atoms with Crippen LogP contribution in [0.4, 0.5) is 5.13 Å². The Bertz CT molecular complexity index is 251. The van der Waals surface area contributed by atoms with Gasteiger partial charge in [0.1, 0.15) is 6.42 Å². The van der Waals surface area contributed by atoms with Crippen LogP contribution in [-0.2, 0) is 11.2 Å². The molecular weight excluding hydrogens is 177 g/mol. The molecule has 0 fully saturated rings. The number of nitrogen functional groups attached to an aromatic ring is 1. The molecule has 1 aromatic heterocycles. The number of carbonyl (C=O) groups is 1. The molecule has 0 atom stereocenters. The molecule has 0 aliphatic heterocycles. The maximum atomic E-state index is 10.1. The zero-order chi connectivity index (χ0) is 7.56. The number of nitrogens with two attached hydrogens (primary N) is 1. The van der Waals surface area contributed by atoms with Gasteiger partial charge < -0.3 is 10.8 Å². The predicted molar refractivity (Wildman–Crippen MR) is 42.8 cm³/mol. The van der Waals surface area contributed by atoms with Gasteiger partial charge in [0.25, 0.3) is 0 Å². The Morgan fingerprint density at radius 1 is 1.73 bits per heavy atom. The second-order valence-corrected chi connectivity index (χ2v) is 2.40. The zero-order valence-corrected chi connectivity index (χ0v) is 5.76. The topological polar surface area (TPSA) is 89.1 Å². The first-order valence-electron chi connectivity index (χ1n) is 2.48. The molecule has 1 rings (SSSR count). The number of nitrogens with zero attached hydrogens (tertiary/aromatic N) is 2. The minimum absolute atomic E-state index is 0. The van der Waals surface area contributed by atoms with Crippen LogP contribution in [0, 0.1) is 0 Å². The summed E-state index contributed by atoms with van der Waals surface area (Å²) in [6, 6.07) is 0. The number of aromatic nitrogens is 2. The van der Waals surface area contributed by atoms with E-state index in [0.717, 1.165) is 11.5 Å². The third-order valence-corrected chi connectivity index (χ3v) is 1.37. The quantitative estimate of drug-likeness (QED) is 0.580. The standard InChI is InChI=1S/C4H5N3O2S.Na.H/c5-4-6-2(7-10-4)1-3(8)9;;/h1H2,(H,8,9)(H2,5,6,7);;. The third-order valence-electron chi connectivity index (χ3n) is 0.793. The van der Waals surface area contributed by atoms with Crippen LogP contribution in [-0.4, -0.2) is 50.0 Å². The van der Waals surface area contributed by atoms with Crippen molar-refractivity contribution in [3.8, 4) is 0 Å². The molecule has 1 heterocycles. The molecule has 0 aromatic carbocycles. The number of aliphatic carboxylic acids is 1. The summed E-state index contributed by atoms with van der Waals surface area (Å²) in [5.41, 5.74) is 5.21. The molecule has 0 aliphatic rings. The van der Waals surface area contributed by atoms with E-state index in [2.05, 4.69) is 9.36 Å². The predicted octanol–water partition coefficient (Wildman–Crippen LogP) is -0.901. The van der Waals surface area contributed by atoms with Gasteiger partial charge in [-0.2, -0.15) is 4.37 Å². The Hall–Kier alpha value is -0.170. The molecule has 56 valence electrons. The number of hydrogen-bond acceptors (Lipinski definition) is 5. The minimum atomic E-state index is -0.946. The van der Waals surface area contributed by atoms with E-state index in [4.69, 9.17) is 10.8 Å². The molecule has 0 bridgehead atoms. The van der Waals surface area contributed by atoms with Crippen molar-refractivity contribution in [3.63, 3.8) is 0 Å². The fourth-order valence-electron chi connectivity index (χ4n) is 0.475. The fourth-order valence-corrected chi connectivity index (χ4v) is 0.925. The number of carboxylic acid groups (broad SMARTS) is 1. The maximum absolute atomic E-state index is 10.1. The molecule has 0 spiro atoms. The molecule has 0 amide bonds. The molecule has 5 nitrogen and oxygen atoms in total. The van der Waals surface area contributed by atoms with Gasteiger partial charge in [-0.05, 0) is 0 Å². The van der Waals surface area contributed by atoms with Crippen molar-refractivity contribution < 1.29 is 9.90 Å². The molecule has 3 N–H and O–H groups in total. The summed E-state index contributed by atoms with van der Waals surface area (Å²) < 4.78 is 3.68. The Balaban J connectivity index is 0.000001000. The summed E-state index contributed by atoms with van der Waals surface area (Å²) in [6.45, 7) is 0. The van der Waals surface area contributed by atoms with Crippen molar-refractivity contribution in [1.29, 1.82) is 0 Å². The molecule has 0 aliphatic carbocycles. The average Bonchev–Trinajstić information content (AvgIpc) is 2.13. The summed E-state index contributed by atoms with van der Waals surface area (Å²) in [6.07, 6.45) is -0.159. The van der Waals surface area contributed by atoms with Crippen molar-refractivity contribution in [2.24, 2.45) is 0 Å². The second-order valence-electron chi connectivity index (χ2n) is 1.62. The van der Waals surface area contributed by atoms with Crippen LogP contribution in [0.1, 0.15) is 5.82 Å². The SMILES string of the molecule is Nc1nc(CC(=O)O)ns1.[NaH]. The van der Waals surface area contributed by atoms with Gasteiger partial charge in [0.15, 0.2) is 11.0 Å². The van der Waals surface area contributed by atoms with E-state index in [0.29, 0.717) is 5.13 Å². The van der Waals surface area contributed by atoms with Crippen molar-refractivity contribution in [3.05, 3.63) is 5.82 Å². The van der Waals surface area contributed by atoms with Crippen LogP contribution in [0.25, 0.3) is 0 Å². The van der Waals surface area contributed by atoms with Crippen LogP contribution >= 0.6 is 11.5 Å². The van der Waals surface area contributed by atoms with Gasteiger partial charge in [-0.3, -0.25) is 4.79 Å². The molecular formula is C4H6N3NaO2S. The second kappa shape index (κ2) is 4.66. The van der Waals surface area contributed by atoms with Gasteiger partial charge in [-0.25, -0.2) is 4.98 Å². The first-order valence-corrected chi connectivity index (χ1v) is 3.25. The Kier molecular flexibility index (Phi) is 4.58. The van der Waals surface area contributed by atoms with Gasteiger partial charge in [0.05, 0.1) is 0 Å². The van der Waals surface area contributed by atoms with E-state index < -0.39 is 5.97 Å². The van der Waals surface area contributed by atoms with Gasteiger partial charge in [-0.1, -0.05) is 0 Å².